The van der Waals surface area contributed by atoms with E-state index in [-0.39, 0.29) is 0 Å². The lowest BCUT2D eigenvalue weighted by Gasteiger charge is -2.17. The Balaban J connectivity index is 1.89. The van der Waals surface area contributed by atoms with Gasteiger partial charge in [0.2, 0.25) is 0 Å². The molecule has 0 aromatic heterocycles. The van der Waals surface area contributed by atoms with Crippen LogP contribution in [0.1, 0.15) is 16.7 Å². The van der Waals surface area contributed by atoms with Gasteiger partial charge in [0.05, 0.1) is 0 Å². The van der Waals surface area contributed by atoms with Gasteiger partial charge >= 0.3 is 0 Å². The summed E-state index contributed by atoms with van der Waals surface area (Å²) in [6, 6.07) is 18.7. The molecule has 0 unspecified atom stereocenters. The highest BCUT2D eigenvalue weighted by Gasteiger charge is 2.03. The predicted molar refractivity (Wildman–Crippen MR) is 88.8 cm³/mol. The van der Waals surface area contributed by atoms with E-state index in [2.05, 4.69) is 54.4 Å². The van der Waals surface area contributed by atoms with Crippen LogP contribution in [0.4, 0.5) is 0 Å². The Morgan fingerprint density at radius 2 is 1.75 bits per heavy atom. The zero-order valence-electron chi connectivity index (χ0n) is 11.8. The van der Waals surface area contributed by atoms with Crippen LogP contribution >= 0.6 is 12.2 Å². The maximum Gasteiger partial charge on any atom is 0.103 e. The van der Waals surface area contributed by atoms with Crippen molar-refractivity contribution in [3.05, 3.63) is 71.3 Å². The zero-order valence-corrected chi connectivity index (χ0v) is 12.6. The summed E-state index contributed by atoms with van der Waals surface area (Å²) in [6.07, 6.45) is 1.06. The number of thiocarbonyl (C=S) groups is 1. The Labute approximate surface area is 126 Å². The van der Waals surface area contributed by atoms with Gasteiger partial charge in [0.25, 0.3) is 0 Å². The van der Waals surface area contributed by atoms with Crippen LogP contribution in [0.2, 0.25) is 0 Å². The first-order chi connectivity index (χ1) is 9.65. The molecule has 3 heteroatoms. The van der Waals surface area contributed by atoms with Crippen LogP contribution in [0.15, 0.2) is 54.6 Å². The second kappa shape index (κ2) is 7.17. The average Bonchev–Trinajstić information content (AvgIpc) is 2.46. The number of nitrogens with zero attached hydrogens (tertiary/aromatic N) is 1. The Morgan fingerprint density at radius 1 is 1.05 bits per heavy atom. The van der Waals surface area contributed by atoms with Gasteiger partial charge in [0.1, 0.15) is 4.99 Å². The molecule has 0 saturated heterocycles. The van der Waals surface area contributed by atoms with Crippen molar-refractivity contribution in [1.82, 2.24) is 4.90 Å². The van der Waals surface area contributed by atoms with Crippen molar-refractivity contribution in [2.75, 3.05) is 13.6 Å². The average molecular weight is 284 g/mol. The maximum atomic E-state index is 5.67. The third kappa shape index (κ3) is 4.44. The van der Waals surface area contributed by atoms with Gasteiger partial charge in [-0.25, -0.2) is 0 Å². The fourth-order valence-electron chi connectivity index (χ4n) is 2.18. The summed E-state index contributed by atoms with van der Waals surface area (Å²) in [5.41, 5.74) is 9.22. The zero-order chi connectivity index (χ0) is 14.4. The Bertz CT molecular complexity index is 566. The van der Waals surface area contributed by atoms with E-state index in [0.717, 1.165) is 25.1 Å². The summed E-state index contributed by atoms with van der Waals surface area (Å²) in [4.78, 5) is 2.77. The van der Waals surface area contributed by atoms with E-state index in [1.807, 2.05) is 12.1 Å². The summed E-state index contributed by atoms with van der Waals surface area (Å²) in [5.74, 6) is 0. The topological polar surface area (TPSA) is 29.3 Å². The molecule has 0 atom stereocenters. The van der Waals surface area contributed by atoms with E-state index >= 15 is 0 Å². The van der Waals surface area contributed by atoms with Crippen LogP contribution in [-0.2, 0) is 13.0 Å². The molecule has 0 radical (unpaired) electrons. The molecule has 0 aliphatic rings. The van der Waals surface area contributed by atoms with Gasteiger partial charge in [0.15, 0.2) is 0 Å². The van der Waals surface area contributed by atoms with Crippen molar-refractivity contribution in [3.8, 4) is 0 Å². The highest BCUT2D eigenvalue weighted by molar-refractivity contribution is 7.80. The second-order valence-electron chi connectivity index (χ2n) is 5.04. The molecule has 0 aliphatic heterocycles. The third-order valence-electron chi connectivity index (χ3n) is 3.29. The van der Waals surface area contributed by atoms with E-state index < -0.39 is 0 Å². The normalized spacial score (nSPS) is 10.7. The van der Waals surface area contributed by atoms with Gasteiger partial charge in [-0.05, 0) is 30.7 Å². The molecule has 0 fully saturated rings. The lowest BCUT2D eigenvalue weighted by molar-refractivity contribution is 0.331. The Kier molecular flexibility index (Phi) is 5.27. The third-order valence-corrected chi connectivity index (χ3v) is 3.52. The SMILES string of the molecule is CN(CCc1ccccc1)Cc1cccc(C(N)=S)c1. The quantitative estimate of drug-likeness (QED) is 0.827. The van der Waals surface area contributed by atoms with Gasteiger partial charge in [-0.2, -0.15) is 0 Å². The Morgan fingerprint density at radius 3 is 2.45 bits per heavy atom. The van der Waals surface area contributed by atoms with Gasteiger partial charge in [-0.3, -0.25) is 0 Å². The van der Waals surface area contributed by atoms with Crippen LogP contribution in [-0.4, -0.2) is 23.5 Å². The van der Waals surface area contributed by atoms with Crippen molar-refractivity contribution in [3.63, 3.8) is 0 Å². The molecule has 2 rings (SSSR count). The number of likely N-dealkylation sites (N-methyl/N-ethyl adjacent to an activating group) is 1. The Hall–Kier alpha value is -1.71. The standard InChI is InChI=1S/C17H20N2S/c1-19(11-10-14-6-3-2-4-7-14)13-15-8-5-9-16(12-15)17(18)20/h2-9,12H,10-11,13H2,1H3,(H2,18,20). The lowest BCUT2D eigenvalue weighted by atomic mass is 10.1. The largest absolute Gasteiger partial charge is 0.389 e. The molecule has 20 heavy (non-hydrogen) atoms. The van der Waals surface area contributed by atoms with Gasteiger partial charge < -0.3 is 10.6 Å². The monoisotopic (exact) mass is 284 g/mol. The van der Waals surface area contributed by atoms with Crippen LogP contribution < -0.4 is 5.73 Å². The predicted octanol–water partition coefficient (Wildman–Crippen LogP) is 3.00. The van der Waals surface area contributed by atoms with Gasteiger partial charge in [-0.15, -0.1) is 0 Å². The lowest BCUT2D eigenvalue weighted by Crippen LogP contribution is -2.21. The number of rotatable bonds is 6. The molecule has 2 N–H and O–H groups in total. The molecular weight excluding hydrogens is 264 g/mol. The van der Waals surface area contributed by atoms with Crippen LogP contribution in [0.25, 0.3) is 0 Å². The van der Waals surface area contributed by atoms with Crippen LogP contribution in [0, 0.1) is 0 Å². The first-order valence-electron chi connectivity index (χ1n) is 6.76. The van der Waals surface area contributed by atoms with E-state index in [1.165, 1.54) is 11.1 Å². The number of benzene rings is 2. The van der Waals surface area contributed by atoms with E-state index in [4.69, 9.17) is 18.0 Å². The first-order valence-corrected chi connectivity index (χ1v) is 7.17. The molecule has 0 heterocycles. The summed E-state index contributed by atoms with van der Waals surface area (Å²) < 4.78 is 0. The van der Waals surface area contributed by atoms with Crippen molar-refractivity contribution in [2.24, 2.45) is 5.73 Å². The maximum absolute atomic E-state index is 5.67. The van der Waals surface area contributed by atoms with Gasteiger partial charge in [-0.1, -0.05) is 60.7 Å². The molecule has 0 bridgehead atoms. The molecule has 0 amide bonds. The number of nitrogens with two attached hydrogens (primary N) is 1. The first kappa shape index (κ1) is 14.7. The fraction of sp³-hybridized carbons (Fsp3) is 0.235. The van der Waals surface area contributed by atoms with Crippen LogP contribution in [0.5, 0.6) is 0 Å². The van der Waals surface area contributed by atoms with Crippen molar-refractivity contribution in [1.29, 1.82) is 0 Å². The summed E-state index contributed by atoms with van der Waals surface area (Å²) in [5, 5.41) is 0. The van der Waals surface area contributed by atoms with Crippen molar-refractivity contribution >= 4 is 17.2 Å². The minimum absolute atomic E-state index is 0.457. The van der Waals surface area contributed by atoms with E-state index in [9.17, 15) is 0 Å². The molecular formula is C17H20N2S. The minimum atomic E-state index is 0.457. The van der Waals surface area contributed by atoms with Crippen LogP contribution in [0.3, 0.4) is 0 Å². The van der Waals surface area contributed by atoms with Crippen molar-refractivity contribution < 1.29 is 0 Å². The molecule has 0 spiro atoms. The van der Waals surface area contributed by atoms with Crippen molar-refractivity contribution in [2.45, 2.75) is 13.0 Å². The molecule has 2 aromatic rings. The smallest absolute Gasteiger partial charge is 0.103 e. The number of hydrogen-bond acceptors (Lipinski definition) is 2. The minimum Gasteiger partial charge on any atom is -0.389 e. The van der Waals surface area contributed by atoms with E-state index in [0.29, 0.717) is 4.99 Å². The fourth-order valence-corrected chi connectivity index (χ4v) is 2.31. The highest BCUT2D eigenvalue weighted by atomic mass is 32.1. The van der Waals surface area contributed by atoms with E-state index in [1.54, 1.807) is 0 Å². The highest BCUT2D eigenvalue weighted by Crippen LogP contribution is 2.08. The molecule has 2 aromatic carbocycles. The summed E-state index contributed by atoms with van der Waals surface area (Å²) in [6.45, 7) is 1.94. The van der Waals surface area contributed by atoms with Gasteiger partial charge in [0, 0.05) is 18.7 Å². The molecule has 2 nitrogen and oxygen atoms in total. The second-order valence-corrected chi connectivity index (χ2v) is 5.48. The molecule has 0 saturated carbocycles. The summed E-state index contributed by atoms with van der Waals surface area (Å²) >= 11 is 5.01. The molecule has 0 aliphatic carbocycles. The number of hydrogen-bond donors (Lipinski definition) is 1. The summed E-state index contributed by atoms with van der Waals surface area (Å²) in [7, 11) is 2.14. The molecule has 104 valence electrons.